The molecule has 2 aromatic carbocycles. The molecule has 0 spiro atoms. The average molecular weight is 421 g/mol. The molecule has 154 valence electrons. The number of para-hydroxylation sites is 2. The van der Waals surface area contributed by atoms with Crippen LogP contribution in [0.25, 0.3) is 22.3 Å². The molecule has 7 heteroatoms. The summed E-state index contributed by atoms with van der Waals surface area (Å²) in [5, 5.41) is 5.78. The third kappa shape index (κ3) is 4.21. The van der Waals surface area contributed by atoms with E-state index in [1.54, 1.807) is 9.13 Å². The maximum atomic E-state index is 12.8. The maximum absolute atomic E-state index is 12.8. The Morgan fingerprint density at radius 3 is 2.37 bits per heavy atom. The van der Waals surface area contributed by atoms with Gasteiger partial charge in [-0.1, -0.05) is 49.4 Å². The van der Waals surface area contributed by atoms with Crippen molar-refractivity contribution in [2.45, 2.75) is 39.4 Å². The van der Waals surface area contributed by atoms with E-state index in [0.717, 1.165) is 33.7 Å². The predicted molar refractivity (Wildman–Crippen MR) is 121 cm³/mol. The number of aromatic nitrogens is 3. The van der Waals surface area contributed by atoms with Crippen LogP contribution in [0.2, 0.25) is 0 Å². The van der Waals surface area contributed by atoms with Gasteiger partial charge < -0.3 is 5.32 Å². The largest absolute Gasteiger partial charge is 0.350 e. The molecule has 6 nitrogen and oxygen atoms in total. The molecule has 2 heterocycles. The molecule has 0 aliphatic heterocycles. The molecule has 0 aliphatic rings. The Morgan fingerprint density at radius 2 is 1.67 bits per heavy atom. The van der Waals surface area contributed by atoms with Crippen LogP contribution in [-0.4, -0.2) is 20.0 Å². The Morgan fingerprint density at radius 1 is 1.00 bits per heavy atom. The Balaban J connectivity index is 1.39. The number of thiazole rings is 1. The van der Waals surface area contributed by atoms with Gasteiger partial charge in [0.15, 0.2) is 0 Å². The van der Waals surface area contributed by atoms with E-state index in [1.807, 2.05) is 66.9 Å². The maximum Gasteiger partial charge on any atom is 0.329 e. The number of hydrogen-bond donors (Lipinski definition) is 1. The van der Waals surface area contributed by atoms with E-state index in [-0.39, 0.29) is 18.0 Å². The Labute approximate surface area is 178 Å². The summed E-state index contributed by atoms with van der Waals surface area (Å²) in [6, 6.07) is 17.7. The van der Waals surface area contributed by atoms with Crippen molar-refractivity contribution in [2.24, 2.45) is 0 Å². The molecule has 0 unspecified atom stereocenters. The third-order valence-corrected chi connectivity index (χ3v) is 5.84. The van der Waals surface area contributed by atoms with Crippen molar-refractivity contribution >= 4 is 28.3 Å². The number of hydrogen-bond acceptors (Lipinski definition) is 4. The number of benzene rings is 2. The van der Waals surface area contributed by atoms with Crippen LogP contribution < -0.4 is 11.0 Å². The summed E-state index contributed by atoms with van der Waals surface area (Å²) < 4.78 is 3.48. The second-order valence-corrected chi connectivity index (χ2v) is 8.04. The number of imidazole rings is 1. The molecule has 4 aromatic rings. The first-order chi connectivity index (χ1) is 14.7. The Bertz CT molecular complexity index is 1210. The van der Waals surface area contributed by atoms with Crippen LogP contribution in [0.4, 0.5) is 0 Å². The molecule has 1 N–H and O–H groups in total. The topological polar surface area (TPSA) is 68.9 Å². The molecule has 0 radical (unpaired) electrons. The number of fused-ring (bicyclic) bond motifs is 1. The van der Waals surface area contributed by atoms with Crippen molar-refractivity contribution in [2.75, 3.05) is 0 Å². The summed E-state index contributed by atoms with van der Waals surface area (Å²) in [4.78, 5) is 29.8. The fourth-order valence-corrected chi connectivity index (χ4v) is 4.28. The van der Waals surface area contributed by atoms with Gasteiger partial charge in [-0.3, -0.25) is 13.9 Å². The lowest BCUT2D eigenvalue weighted by Gasteiger charge is -2.05. The third-order valence-electron chi connectivity index (χ3n) is 4.99. The van der Waals surface area contributed by atoms with Gasteiger partial charge in [0, 0.05) is 30.5 Å². The van der Waals surface area contributed by atoms with Crippen molar-refractivity contribution in [1.82, 2.24) is 19.4 Å². The molecular weight excluding hydrogens is 396 g/mol. The van der Waals surface area contributed by atoms with Crippen molar-refractivity contribution in [3.63, 3.8) is 0 Å². The van der Waals surface area contributed by atoms with Gasteiger partial charge in [-0.2, -0.15) is 0 Å². The van der Waals surface area contributed by atoms with Gasteiger partial charge >= 0.3 is 5.69 Å². The Hall–Kier alpha value is -3.19. The van der Waals surface area contributed by atoms with Crippen LogP contribution in [0.3, 0.4) is 0 Å². The van der Waals surface area contributed by atoms with E-state index in [1.165, 1.54) is 11.3 Å². The van der Waals surface area contributed by atoms with Crippen LogP contribution in [0, 0.1) is 0 Å². The zero-order valence-electron chi connectivity index (χ0n) is 16.9. The lowest BCUT2D eigenvalue weighted by Crippen LogP contribution is -2.28. The monoisotopic (exact) mass is 420 g/mol. The molecule has 0 bridgehead atoms. The average Bonchev–Trinajstić information content (AvgIpc) is 3.35. The second-order valence-electron chi connectivity index (χ2n) is 7.09. The minimum Gasteiger partial charge on any atom is -0.350 e. The van der Waals surface area contributed by atoms with E-state index in [2.05, 4.69) is 10.3 Å². The number of amides is 1. The molecule has 4 rings (SSSR count). The molecule has 0 saturated carbocycles. The molecule has 0 fully saturated rings. The van der Waals surface area contributed by atoms with E-state index in [0.29, 0.717) is 19.6 Å². The first kappa shape index (κ1) is 20.1. The number of carbonyl (C=O) groups excluding carboxylic acids is 1. The van der Waals surface area contributed by atoms with E-state index >= 15 is 0 Å². The highest BCUT2D eigenvalue weighted by Crippen LogP contribution is 2.21. The molecule has 0 saturated heterocycles. The minimum absolute atomic E-state index is 0.0572. The quantitative estimate of drug-likeness (QED) is 0.468. The van der Waals surface area contributed by atoms with Gasteiger partial charge in [0.1, 0.15) is 5.01 Å². The van der Waals surface area contributed by atoms with Crippen LogP contribution >= 0.6 is 11.3 Å². The van der Waals surface area contributed by atoms with Gasteiger partial charge in [0.25, 0.3) is 0 Å². The molecule has 2 aromatic heterocycles. The summed E-state index contributed by atoms with van der Waals surface area (Å²) in [5.41, 5.74) is 3.71. The summed E-state index contributed by atoms with van der Waals surface area (Å²) in [6.07, 6.45) is 1.13. The molecule has 30 heavy (non-hydrogen) atoms. The number of carbonyl (C=O) groups is 1. The summed E-state index contributed by atoms with van der Waals surface area (Å²) >= 11 is 1.53. The smallest absolute Gasteiger partial charge is 0.329 e. The first-order valence-corrected chi connectivity index (χ1v) is 11.0. The van der Waals surface area contributed by atoms with Crippen molar-refractivity contribution < 1.29 is 4.79 Å². The lowest BCUT2D eigenvalue weighted by atomic mass is 10.2. The predicted octanol–water partition coefficient (Wildman–Crippen LogP) is 4.04. The number of rotatable bonds is 8. The van der Waals surface area contributed by atoms with Crippen LogP contribution in [0.1, 0.15) is 24.8 Å². The van der Waals surface area contributed by atoms with E-state index in [9.17, 15) is 9.59 Å². The summed E-state index contributed by atoms with van der Waals surface area (Å²) in [6.45, 7) is 3.47. The van der Waals surface area contributed by atoms with Gasteiger partial charge in [0.05, 0.1) is 23.3 Å². The van der Waals surface area contributed by atoms with Crippen molar-refractivity contribution in [3.05, 3.63) is 75.5 Å². The zero-order valence-corrected chi connectivity index (χ0v) is 17.7. The second kappa shape index (κ2) is 9.09. The SMILES string of the molecule is CCCn1c(=O)n(CCC(=O)NCc2nc(-c3ccccc3)cs2)c2ccccc21. The standard InChI is InChI=1S/C23H24N4O2S/c1-2-13-26-19-10-6-7-11-20(19)27(23(26)29)14-12-21(28)24-15-22-25-18(16-30-22)17-8-4-3-5-9-17/h3-11,16H,2,12-15H2,1H3,(H,24,28). The molecule has 1 amide bonds. The molecule has 0 atom stereocenters. The number of nitrogens with zero attached hydrogens (tertiary/aromatic N) is 3. The van der Waals surface area contributed by atoms with E-state index in [4.69, 9.17) is 0 Å². The van der Waals surface area contributed by atoms with Crippen molar-refractivity contribution in [1.29, 1.82) is 0 Å². The van der Waals surface area contributed by atoms with Crippen LogP contribution in [-0.2, 0) is 24.4 Å². The fraction of sp³-hybridized carbons (Fsp3) is 0.261. The molecule has 0 aliphatic carbocycles. The Kier molecular flexibility index (Phi) is 6.09. The van der Waals surface area contributed by atoms with Crippen LogP contribution in [0.5, 0.6) is 0 Å². The summed E-state index contributed by atoms with van der Waals surface area (Å²) in [5.74, 6) is -0.0920. The van der Waals surface area contributed by atoms with Crippen LogP contribution in [0.15, 0.2) is 64.8 Å². The minimum atomic E-state index is -0.0920. The fourth-order valence-electron chi connectivity index (χ4n) is 3.54. The lowest BCUT2D eigenvalue weighted by molar-refractivity contribution is -0.121. The highest BCUT2D eigenvalue weighted by Gasteiger charge is 2.13. The highest BCUT2D eigenvalue weighted by atomic mass is 32.1. The first-order valence-electron chi connectivity index (χ1n) is 10.1. The van der Waals surface area contributed by atoms with Gasteiger partial charge in [0.2, 0.25) is 5.91 Å². The van der Waals surface area contributed by atoms with Gasteiger partial charge in [-0.15, -0.1) is 11.3 Å². The number of nitrogens with one attached hydrogen (secondary N) is 1. The normalized spacial score (nSPS) is 11.1. The number of aryl methyl sites for hydroxylation is 2. The van der Waals surface area contributed by atoms with E-state index < -0.39 is 0 Å². The summed E-state index contributed by atoms with van der Waals surface area (Å²) in [7, 11) is 0. The van der Waals surface area contributed by atoms with Gasteiger partial charge in [-0.05, 0) is 18.6 Å². The van der Waals surface area contributed by atoms with Crippen molar-refractivity contribution in [3.8, 4) is 11.3 Å². The highest BCUT2D eigenvalue weighted by molar-refractivity contribution is 7.09. The van der Waals surface area contributed by atoms with Gasteiger partial charge in [-0.25, -0.2) is 9.78 Å². The molecular formula is C23H24N4O2S. The zero-order chi connectivity index (χ0) is 20.9.